The molecule has 1 saturated carbocycles. The third kappa shape index (κ3) is 1.46. The second-order valence-corrected chi connectivity index (χ2v) is 3.22. The van der Waals surface area contributed by atoms with Crippen LogP contribution in [0.5, 0.6) is 0 Å². The van der Waals surface area contributed by atoms with Gasteiger partial charge in [-0.3, -0.25) is 0 Å². The van der Waals surface area contributed by atoms with Crippen LogP contribution in [0.15, 0.2) is 0 Å². The average Bonchev–Trinajstić information content (AvgIpc) is 2.36. The molecule has 0 spiro atoms. The molecule has 0 radical (unpaired) electrons. The van der Waals surface area contributed by atoms with Crippen molar-refractivity contribution in [3.63, 3.8) is 0 Å². The van der Waals surface area contributed by atoms with E-state index in [1.807, 2.05) is 0 Å². The number of fused-ring (bicyclic) bond motifs is 1. The van der Waals surface area contributed by atoms with Crippen LogP contribution in [0.1, 0.15) is 6.42 Å². The van der Waals surface area contributed by atoms with Crippen molar-refractivity contribution in [3.8, 4) is 0 Å². The minimum atomic E-state index is -4.65. The predicted octanol–water partition coefficient (Wildman–Crippen LogP) is -1.37. The summed E-state index contributed by atoms with van der Waals surface area (Å²) in [6.45, 7) is -4.41. The van der Waals surface area contributed by atoms with Gasteiger partial charge in [-0.2, -0.15) is 0 Å². The van der Waals surface area contributed by atoms with Gasteiger partial charge in [-0.05, 0) is 11.2 Å². The number of halogens is 3. The van der Waals surface area contributed by atoms with Crippen molar-refractivity contribution in [2.45, 2.75) is 11.7 Å². The van der Waals surface area contributed by atoms with Gasteiger partial charge in [-0.25, -0.2) is 0 Å². The minimum absolute atomic E-state index is 0. The van der Waals surface area contributed by atoms with E-state index in [4.69, 9.17) is 4.74 Å². The van der Waals surface area contributed by atoms with E-state index in [-0.39, 0.29) is 63.9 Å². The van der Waals surface area contributed by atoms with Crippen molar-refractivity contribution in [1.82, 2.24) is 0 Å². The molecule has 2 aliphatic rings. The van der Waals surface area contributed by atoms with Gasteiger partial charge in [0.05, 0.1) is 0 Å². The molecule has 58 valence electrons. The number of hydrogen-bond acceptors (Lipinski definition) is 1. The summed E-state index contributed by atoms with van der Waals surface area (Å²) in [5, 5.41) is -1.36. The Morgan fingerprint density at radius 2 is 2.00 bits per heavy atom. The van der Waals surface area contributed by atoms with E-state index in [0.717, 1.165) is 0 Å². The van der Waals surface area contributed by atoms with E-state index in [9.17, 15) is 12.9 Å². The standard InChI is InChI=1S/C5H7BF3O.K/c7-6(8,9)5-1-4(5)2-10-3-5;/h4H,1-3H2;/q-1;+1. The fourth-order valence-electron chi connectivity index (χ4n) is 1.69. The normalized spacial score (nSPS) is 41.2. The molecule has 0 amide bonds. The van der Waals surface area contributed by atoms with E-state index < -0.39 is 12.3 Å². The van der Waals surface area contributed by atoms with E-state index in [0.29, 0.717) is 13.0 Å². The monoisotopic (exact) mass is 190 g/mol. The molecule has 2 unspecified atom stereocenters. The molecule has 0 N–H and O–H groups in total. The van der Waals surface area contributed by atoms with E-state index >= 15 is 0 Å². The summed E-state index contributed by atoms with van der Waals surface area (Å²) in [7, 11) is 0. The third-order valence-corrected chi connectivity index (χ3v) is 2.62. The van der Waals surface area contributed by atoms with Crippen LogP contribution in [-0.4, -0.2) is 20.2 Å². The van der Waals surface area contributed by atoms with E-state index in [1.165, 1.54) is 0 Å². The zero-order valence-corrected chi connectivity index (χ0v) is 9.44. The molecule has 6 heteroatoms. The molecule has 0 aromatic carbocycles. The summed E-state index contributed by atoms with van der Waals surface area (Å²) < 4.78 is 41.2. The largest absolute Gasteiger partial charge is 1.00 e. The van der Waals surface area contributed by atoms with Gasteiger partial charge in [0.25, 0.3) is 0 Å². The molecule has 11 heavy (non-hydrogen) atoms. The van der Waals surface area contributed by atoms with Crippen molar-refractivity contribution >= 4 is 6.98 Å². The Morgan fingerprint density at radius 1 is 1.36 bits per heavy atom. The molecule has 1 aliphatic heterocycles. The Morgan fingerprint density at radius 3 is 2.18 bits per heavy atom. The first-order valence-electron chi connectivity index (χ1n) is 3.33. The van der Waals surface area contributed by atoms with Crippen LogP contribution in [0, 0.1) is 5.92 Å². The van der Waals surface area contributed by atoms with Gasteiger partial charge < -0.3 is 17.7 Å². The maximum Gasteiger partial charge on any atom is 1.00 e. The minimum Gasteiger partial charge on any atom is -0.448 e. The van der Waals surface area contributed by atoms with Gasteiger partial charge >= 0.3 is 58.4 Å². The number of rotatable bonds is 1. The molecule has 2 fully saturated rings. The SMILES string of the molecule is F[B-](F)(F)C12COCC1C2.[K+]. The zero-order chi connectivity index (χ0) is 7.41. The summed E-state index contributed by atoms with van der Waals surface area (Å²) in [5.41, 5.74) is 0. The summed E-state index contributed by atoms with van der Waals surface area (Å²) >= 11 is 0. The second-order valence-electron chi connectivity index (χ2n) is 3.22. The number of hydrogen-bond donors (Lipinski definition) is 0. The maximum absolute atomic E-state index is 12.2. The molecular formula is C5H7BF3KO. The van der Waals surface area contributed by atoms with Crippen LogP contribution >= 0.6 is 0 Å². The smallest absolute Gasteiger partial charge is 0.448 e. The van der Waals surface area contributed by atoms with Gasteiger partial charge in [0, 0.05) is 13.2 Å². The number of ether oxygens (including phenoxy) is 1. The molecular weight excluding hydrogens is 183 g/mol. The average molecular weight is 190 g/mol. The Bertz CT molecular complexity index is 174. The Labute approximate surface area is 106 Å². The van der Waals surface area contributed by atoms with Crippen molar-refractivity contribution in [1.29, 1.82) is 0 Å². The fraction of sp³-hybridized carbons (Fsp3) is 1.00. The molecule has 1 saturated heterocycles. The molecule has 1 aliphatic carbocycles. The molecule has 2 atom stereocenters. The zero-order valence-electron chi connectivity index (χ0n) is 6.32. The van der Waals surface area contributed by atoms with Crippen LogP contribution in [0.25, 0.3) is 0 Å². The third-order valence-electron chi connectivity index (χ3n) is 2.62. The molecule has 1 heterocycles. The van der Waals surface area contributed by atoms with Gasteiger partial charge in [0.15, 0.2) is 0 Å². The molecule has 0 aromatic rings. The van der Waals surface area contributed by atoms with Gasteiger partial charge in [-0.15, -0.1) is 0 Å². The maximum atomic E-state index is 12.2. The quantitative estimate of drug-likeness (QED) is 0.463. The fourth-order valence-corrected chi connectivity index (χ4v) is 1.69. The molecule has 1 nitrogen and oxygen atoms in total. The summed E-state index contributed by atoms with van der Waals surface area (Å²) in [6.07, 6.45) is 0.316. The Kier molecular flexibility index (Phi) is 2.86. The van der Waals surface area contributed by atoms with Crippen LogP contribution < -0.4 is 51.4 Å². The first-order chi connectivity index (χ1) is 4.56. The summed E-state index contributed by atoms with van der Waals surface area (Å²) in [4.78, 5) is 0. The van der Waals surface area contributed by atoms with Crippen molar-refractivity contribution < 1.29 is 69.1 Å². The molecule has 0 aromatic heterocycles. The Hall–Kier alpha value is 1.45. The van der Waals surface area contributed by atoms with E-state index in [1.54, 1.807) is 0 Å². The predicted molar refractivity (Wildman–Crippen MR) is 30.7 cm³/mol. The van der Waals surface area contributed by atoms with Crippen LogP contribution in [-0.2, 0) is 4.74 Å². The van der Waals surface area contributed by atoms with Crippen molar-refractivity contribution in [3.05, 3.63) is 0 Å². The molecule has 2 rings (SSSR count). The van der Waals surface area contributed by atoms with Gasteiger partial charge in [0.1, 0.15) is 0 Å². The van der Waals surface area contributed by atoms with Gasteiger partial charge in [0.2, 0.25) is 0 Å². The van der Waals surface area contributed by atoms with Crippen LogP contribution in [0.3, 0.4) is 0 Å². The topological polar surface area (TPSA) is 9.23 Å². The summed E-state index contributed by atoms with van der Waals surface area (Å²) in [5.74, 6) is -0.201. The van der Waals surface area contributed by atoms with Gasteiger partial charge in [-0.1, -0.05) is 6.42 Å². The molecule has 0 bridgehead atoms. The van der Waals surface area contributed by atoms with Crippen molar-refractivity contribution in [2.75, 3.05) is 13.2 Å². The Balaban J connectivity index is 0.000000605. The summed E-state index contributed by atoms with van der Waals surface area (Å²) in [6, 6.07) is 0. The second kappa shape index (κ2) is 2.99. The first-order valence-corrected chi connectivity index (χ1v) is 3.33. The first kappa shape index (κ1) is 10.5. The van der Waals surface area contributed by atoms with Crippen molar-refractivity contribution in [2.24, 2.45) is 5.92 Å². The van der Waals surface area contributed by atoms with Crippen LogP contribution in [0.2, 0.25) is 5.31 Å². The van der Waals surface area contributed by atoms with Crippen LogP contribution in [0.4, 0.5) is 12.9 Å². The van der Waals surface area contributed by atoms with E-state index in [2.05, 4.69) is 0 Å².